The van der Waals surface area contributed by atoms with E-state index in [1.54, 1.807) is 6.92 Å². The van der Waals surface area contributed by atoms with E-state index < -0.39 is 0 Å². The molecule has 1 atom stereocenters. The minimum atomic E-state index is -0.359. The van der Waals surface area contributed by atoms with E-state index in [1.165, 1.54) is 0 Å². The van der Waals surface area contributed by atoms with E-state index in [0.29, 0.717) is 5.56 Å². The lowest BCUT2D eigenvalue weighted by Gasteiger charge is -2.14. The van der Waals surface area contributed by atoms with Gasteiger partial charge in [0, 0.05) is 11.6 Å². The van der Waals surface area contributed by atoms with Crippen molar-refractivity contribution >= 4 is 58.0 Å². The van der Waals surface area contributed by atoms with E-state index in [-0.39, 0.29) is 31.2 Å². The Kier molecular flexibility index (Phi) is 4.22. The zero-order valence-corrected chi connectivity index (χ0v) is 10.8. The summed E-state index contributed by atoms with van der Waals surface area (Å²) in [7, 11) is 0. The zero-order valence-electron chi connectivity index (χ0n) is 7.04. The Labute approximate surface area is 107 Å². The molecule has 0 spiro atoms. The van der Waals surface area contributed by atoms with Crippen LogP contribution in [-0.4, -0.2) is 0 Å². The molecule has 78 valence electrons. The smallest absolute Gasteiger partial charge is 0.0809 e. The first-order valence-electron chi connectivity index (χ1n) is 3.64. The minimum Gasteiger partial charge on any atom is -0.324 e. The van der Waals surface area contributed by atoms with Crippen LogP contribution >= 0.6 is 58.0 Å². The molecule has 0 aliphatic heterocycles. The first-order chi connectivity index (χ1) is 6.37. The Morgan fingerprint density at radius 1 is 0.786 bits per heavy atom. The van der Waals surface area contributed by atoms with Crippen LogP contribution in [0.4, 0.5) is 0 Å². The van der Waals surface area contributed by atoms with E-state index >= 15 is 0 Å². The van der Waals surface area contributed by atoms with Crippen LogP contribution in [0.5, 0.6) is 0 Å². The monoisotopic (exact) mass is 291 g/mol. The molecule has 6 heteroatoms. The average Bonchev–Trinajstić information content (AvgIpc) is 2.11. The molecule has 0 amide bonds. The third-order valence-corrected chi connectivity index (χ3v) is 4.01. The van der Waals surface area contributed by atoms with Gasteiger partial charge in [0.1, 0.15) is 0 Å². The second-order valence-corrected chi connectivity index (χ2v) is 4.66. The van der Waals surface area contributed by atoms with Crippen LogP contribution < -0.4 is 5.73 Å². The summed E-state index contributed by atoms with van der Waals surface area (Å²) in [5, 5.41) is 1.000. The quantitative estimate of drug-likeness (QED) is 0.574. The van der Waals surface area contributed by atoms with Gasteiger partial charge in [-0.15, -0.1) is 0 Å². The molecule has 0 saturated heterocycles. The highest BCUT2D eigenvalue weighted by Gasteiger charge is 2.20. The van der Waals surface area contributed by atoms with Crippen LogP contribution in [-0.2, 0) is 0 Å². The fourth-order valence-corrected chi connectivity index (χ4v) is 2.52. The van der Waals surface area contributed by atoms with Crippen molar-refractivity contribution in [1.82, 2.24) is 0 Å². The summed E-state index contributed by atoms with van der Waals surface area (Å²) in [6, 6.07) is -0.359. The van der Waals surface area contributed by atoms with E-state index in [0.717, 1.165) is 0 Å². The molecule has 0 aromatic heterocycles. The van der Waals surface area contributed by atoms with Crippen molar-refractivity contribution in [2.24, 2.45) is 5.73 Å². The lowest BCUT2D eigenvalue weighted by Crippen LogP contribution is -2.07. The number of hydrogen-bond acceptors (Lipinski definition) is 1. The summed E-state index contributed by atoms with van der Waals surface area (Å²) >= 11 is 29.3. The highest BCUT2D eigenvalue weighted by Crippen LogP contribution is 2.45. The molecular formula is C8H6Cl5N. The van der Waals surface area contributed by atoms with Gasteiger partial charge in [0.25, 0.3) is 0 Å². The highest BCUT2D eigenvalue weighted by molar-refractivity contribution is 6.55. The SMILES string of the molecule is CC(N)c1c(Cl)c(Cl)c(Cl)c(Cl)c1Cl. The third-order valence-electron chi connectivity index (χ3n) is 1.70. The molecule has 0 bridgehead atoms. The Morgan fingerprint density at radius 2 is 1.07 bits per heavy atom. The van der Waals surface area contributed by atoms with Crippen LogP contribution in [0.2, 0.25) is 25.1 Å². The predicted molar refractivity (Wildman–Crippen MR) is 64.1 cm³/mol. The van der Waals surface area contributed by atoms with E-state index in [9.17, 15) is 0 Å². The third kappa shape index (κ3) is 2.08. The van der Waals surface area contributed by atoms with Crippen molar-refractivity contribution in [3.63, 3.8) is 0 Å². The molecule has 1 rings (SSSR count). The van der Waals surface area contributed by atoms with E-state index in [2.05, 4.69) is 0 Å². The second kappa shape index (κ2) is 4.65. The summed E-state index contributed by atoms with van der Waals surface area (Å²) in [5.74, 6) is 0. The molecule has 0 heterocycles. The van der Waals surface area contributed by atoms with Crippen molar-refractivity contribution in [3.8, 4) is 0 Å². The van der Waals surface area contributed by atoms with Gasteiger partial charge in [0.05, 0.1) is 25.1 Å². The first kappa shape index (κ1) is 12.7. The molecule has 1 aromatic carbocycles. The first-order valence-corrected chi connectivity index (χ1v) is 5.53. The predicted octanol–water partition coefficient (Wildman–Crippen LogP) is 4.97. The van der Waals surface area contributed by atoms with Gasteiger partial charge < -0.3 is 5.73 Å². The number of nitrogens with two attached hydrogens (primary N) is 1. The molecule has 0 fully saturated rings. The molecule has 0 saturated carbocycles. The summed E-state index contributed by atoms with van der Waals surface area (Å²) < 4.78 is 0. The lowest BCUT2D eigenvalue weighted by molar-refractivity contribution is 0.819. The van der Waals surface area contributed by atoms with Crippen LogP contribution in [0.15, 0.2) is 0 Å². The van der Waals surface area contributed by atoms with Crippen LogP contribution in [0.1, 0.15) is 18.5 Å². The molecule has 2 N–H and O–H groups in total. The molecule has 1 unspecified atom stereocenters. The zero-order chi connectivity index (χ0) is 11.0. The molecule has 1 aromatic rings. The number of benzene rings is 1. The van der Waals surface area contributed by atoms with Gasteiger partial charge in [0.15, 0.2) is 0 Å². The molecule has 0 radical (unpaired) electrons. The van der Waals surface area contributed by atoms with Gasteiger partial charge in [-0.1, -0.05) is 58.0 Å². The maximum Gasteiger partial charge on any atom is 0.0809 e. The summed E-state index contributed by atoms with van der Waals surface area (Å²) in [6.07, 6.45) is 0. The van der Waals surface area contributed by atoms with Crippen molar-refractivity contribution in [2.45, 2.75) is 13.0 Å². The van der Waals surface area contributed by atoms with Crippen LogP contribution in [0.3, 0.4) is 0 Å². The van der Waals surface area contributed by atoms with Crippen LogP contribution in [0, 0.1) is 0 Å². The maximum absolute atomic E-state index is 5.93. The fraction of sp³-hybridized carbons (Fsp3) is 0.250. The van der Waals surface area contributed by atoms with Gasteiger partial charge in [-0.05, 0) is 6.92 Å². The van der Waals surface area contributed by atoms with Crippen molar-refractivity contribution in [2.75, 3.05) is 0 Å². The normalized spacial score (nSPS) is 13.1. The fourth-order valence-electron chi connectivity index (χ4n) is 1.02. The highest BCUT2D eigenvalue weighted by atomic mass is 35.5. The standard InChI is InChI=1S/C8H6Cl5N/c1-2(14)3-4(9)6(11)8(13)7(12)5(3)10/h2H,14H2,1H3. The minimum absolute atomic E-state index is 0.146. The molecule has 1 nitrogen and oxygen atoms in total. The Bertz CT molecular complexity index is 345. The summed E-state index contributed by atoms with van der Waals surface area (Å²) in [4.78, 5) is 0. The number of halogens is 5. The number of rotatable bonds is 1. The number of hydrogen-bond donors (Lipinski definition) is 1. The Balaban J connectivity index is 3.60. The molecule has 14 heavy (non-hydrogen) atoms. The Morgan fingerprint density at radius 3 is 1.36 bits per heavy atom. The summed E-state index contributed by atoms with van der Waals surface area (Å²) in [5.41, 5.74) is 6.18. The average molecular weight is 293 g/mol. The van der Waals surface area contributed by atoms with Gasteiger partial charge >= 0.3 is 0 Å². The molecule has 0 aliphatic rings. The summed E-state index contributed by atoms with van der Waals surface area (Å²) in [6.45, 7) is 1.73. The van der Waals surface area contributed by atoms with Gasteiger partial charge in [0.2, 0.25) is 0 Å². The van der Waals surface area contributed by atoms with Crippen molar-refractivity contribution < 1.29 is 0 Å². The van der Waals surface area contributed by atoms with E-state index in [4.69, 9.17) is 63.7 Å². The van der Waals surface area contributed by atoms with Gasteiger partial charge in [-0.3, -0.25) is 0 Å². The molecular weight excluding hydrogens is 287 g/mol. The van der Waals surface area contributed by atoms with E-state index in [1.807, 2.05) is 0 Å². The van der Waals surface area contributed by atoms with Crippen LogP contribution in [0.25, 0.3) is 0 Å². The maximum atomic E-state index is 5.93. The van der Waals surface area contributed by atoms with Crippen molar-refractivity contribution in [3.05, 3.63) is 30.7 Å². The van der Waals surface area contributed by atoms with Gasteiger partial charge in [-0.25, -0.2) is 0 Å². The molecule has 0 aliphatic carbocycles. The largest absolute Gasteiger partial charge is 0.324 e. The second-order valence-electron chi connectivity index (χ2n) is 2.77. The topological polar surface area (TPSA) is 26.0 Å². The lowest BCUT2D eigenvalue weighted by atomic mass is 10.1. The van der Waals surface area contributed by atoms with Crippen molar-refractivity contribution in [1.29, 1.82) is 0 Å². The Hall–Kier alpha value is 0.630. The van der Waals surface area contributed by atoms with Gasteiger partial charge in [-0.2, -0.15) is 0 Å².